The second kappa shape index (κ2) is 7.27. The topological polar surface area (TPSA) is 82.6 Å². The fraction of sp³-hybridized carbons (Fsp3) is 0.292. The molecule has 1 atom stereocenters. The maximum Gasteiger partial charge on any atom is 0.155 e. The largest absolute Gasteiger partial charge is 0.493 e. The van der Waals surface area contributed by atoms with Crippen molar-refractivity contribution in [3.05, 3.63) is 66.2 Å². The molecule has 3 aromatic rings. The van der Waals surface area contributed by atoms with Crippen LogP contribution in [0.5, 0.6) is 17.2 Å². The second-order valence-electron chi connectivity index (χ2n) is 9.05. The molecule has 2 aromatic carbocycles. The molecule has 0 radical (unpaired) electrons. The van der Waals surface area contributed by atoms with Gasteiger partial charge in [-0.05, 0) is 41.3 Å². The Bertz CT molecular complexity index is 1170. The third-order valence-corrected chi connectivity index (χ3v) is 6.29. The standard InChI is InChI=1S/C24H24N4O2S/c1-23(2,3)12-29-17-5-7-21-19(9-17)24(13-31-22(25)28-24)18-8-15(4-6-20(18)30-21)16-10-26-14-27-11-16/h4-11,14H,12-13H2,1-3H3,(H2,25,28)/t24-/m0/s1. The SMILES string of the molecule is CC(C)(C)COc1ccc2c(c1)[C@]1(CSC(N)=N1)c1cc(-c3cncnc3)ccc1O2. The van der Waals surface area contributed by atoms with Crippen LogP contribution in [0.2, 0.25) is 0 Å². The number of aliphatic imine (C=N–C) groups is 1. The van der Waals surface area contributed by atoms with E-state index < -0.39 is 5.54 Å². The summed E-state index contributed by atoms with van der Waals surface area (Å²) in [7, 11) is 0. The molecule has 2 aliphatic rings. The van der Waals surface area contributed by atoms with Gasteiger partial charge < -0.3 is 15.2 Å². The monoisotopic (exact) mass is 432 g/mol. The molecule has 0 unspecified atom stereocenters. The molecule has 2 N–H and O–H groups in total. The Morgan fingerprint density at radius 1 is 1.03 bits per heavy atom. The van der Waals surface area contributed by atoms with Crippen molar-refractivity contribution in [3.8, 4) is 28.4 Å². The molecule has 2 aliphatic heterocycles. The lowest BCUT2D eigenvalue weighted by atomic mass is 9.81. The zero-order valence-electron chi connectivity index (χ0n) is 17.8. The number of thioether (sulfide) groups is 1. The van der Waals surface area contributed by atoms with Gasteiger partial charge in [0.2, 0.25) is 0 Å². The van der Waals surface area contributed by atoms with Crippen molar-refractivity contribution in [3.63, 3.8) is 0 Å². The van der Waals surface area contributed by atoms with Gasteiger partial charge in [0.05, 0.1) is 6.61 Å². The lowest BCUT2D eigenvalue weighted by molar-refractivity contribution is 0.197. The maximum absolute atomic E-state index is 6.28. The van der Waals surface area contributed by atoms with Gasteiger partial charge in [0, 0.05) is 34.8 Å². The summed E-state index contributed by atoms with van der Waals surface area (Å²) in [5, 5.41) is 0.577. The van der Waals surface area contributed by atoms with Crippen LogP contribution in [0.3, 0.4) is 0 Å². The number of hydrogen-bond acceptors (Lipinski definition) is 7. The van der Waals surface area contributed by atoms with E-state index in [2.05, 4.69) is 36.8 Å². The van der Waals surface area contributed by atoms with Gasteiger partial charge in [-0.15, -0.1) is 0 Å². The molecule has 0 aliphatic carbocycles. The molecule has 5 rings (SSSR count). The minimum atomic E-state index is -0.621. The van der Waals surface area contributed by atoms with Crippen LogP contribution >= 0.6 is 11.8 Å². The average Bonchev–Trinajstić information content (AvgIpc) is 3.15. The van der Waals surface area contributed by atoms with E-state index in [9.17, 15) is 0 Å². The van der Waals surface area contributed by atoms with Gasteiger partial charge in [-0.25, -0.2) is 15.0 Å². The summed E-state index contributed by atoms with van der Waals surface area (Å²) < 4.78 is 12.4. The summed E-state index contributed by atoms with van der Waals surface area (Å²) in [6.45, 7) is 7.08. The minimum Gasteiger partial charge on any atom is -0.493 e. The van der Waals surface area contributed by atoms with E-state index in [1.165, 1.54) is 6.33 Å². The van der Waals surface area contributed by atoms with Gasteiger partial charge in [0.25, 0.3) is 0 Å². The third kappa shape index (κ3) is 3.63. The molecular weight excluding hydrogens is 408 g/mol. The van der Waals surface area contributed by atoms with Crippen LogP contribution in [0.4, 0.5) is 0 Å². The van der Waals surface area contributed by atoms with E-state index in [-0.39, 0.29) is 5.41 Å². The van der Waals surface area contributed by atoms with Crippen LogP contribution in [-0.4, -0.2) is 27.5 Å². The fourth-order valence-electron chi connectivity index (χ4n) is 3.85. The molecule has 0 bridgehead atoms. The smallest absolute Gasteiger partial charge is 0.155 e. The third-order valence-electron chi connectivity index (χ3n) is 5.34. The zero-order valence-corrected chi connectivity index (χ0v) is 18.6. The van der Waals surface area contributed by atoms with E-state index in [1.807, 2.05) is 30.3 Å². The molecule has 1 aromatic heterocycles. The number of aromatic nitrogens is 2. The Hall–Kier alpha value is -3.06. The molecule has 158 valence electrons. The Morgan fingerprint density at radius 3 is 2.42 bits per heavy atom. The molecule has 0 saturated carbocycles. The highest BCUT2D eigenvalue weighted by Gasteiger charge is 2.46. The van der Waals surface area contributed by atoms with E-state index in [1.54, 1.807) is 24.2 Å². The number of nitrogens with two attached hydrogens (primary N) is 1. The number of nitrogens with zero attached hydrogens (tertiary/aromatic N) is 3. The summed E-state index contributed by atoms with van der Waals surface area (Å²) in [6, 6.07) is 12.1. The van der Waals surface area contributed by atoms with Crippen LogP contribution in [-0.2, 0) is 5.54 Å². The Morgan fingerprint density at radius 2 is 1.74 bits per heavy atom. The average molecular weight is 433 g/mol. The van der Waals surface area contributed by atoms with Crippen LogP contribution in [0.25, 0.3) is 11.1 Å². The predicted octanol–water partition coefficient (Wildman–Crippen LogP) is 4.98. The molecule has 0 amide bonds. The highest BCUT2D eigenvalue weighted by atomic mass is 32.2. The van der Waals surface area contributed by atoms with E-state index in [4.69, 9.17) is 20.2 Å². The molecule has 1 spiro atoms. The number of benzene rings is 2. The Balaban J connectivity index is 1.63. The number of fused-ring (bicyclic) bond motifs is 4. The first-order chi connectivity index (χ1) is 14.8. The maximum atomic E-state index is 6.28. The quantitative estimate of drug-likeness (QED) is 0.629. The normalized spacial score (nSPS) is 19.4. The van der Waals surface area contributed by atoms with Gasteiger partial charge in [-0.3, -0.25) is 0 Å². The molecular formula is C24H24N4O2S. The Labute approximate surface area is 185 Å². The van der Waals surface area contributed by atoms with Gasteiger partial charge in [-0.2, -0.15) is 0 Å². The lowest BCUT2D eigenvalue weighted by Gasteiger charge is -2.35. The summed E-state index contributed by atoms with van der Waals surface area (Å²) in [4.78, 5) is 13.2. The summed E-state index contributed by atoms with van der Waals surface area (Å²) >= 11 is 1.56. The number of rotatable bonds is 3. The second-order valence-corrected chi connectivity index (χ2v) is 10.0. The van der Waals surface area contributed by atoms with Crippen molar-refractivity contribution in [2.75, 3.05) is 12.4 Å². The van der Waals surface area contributed by atoms with E-state index >= 15 is 0 Å². The zero-order chi connectivity index (χ0) is 21.6. The van der Waals surface area contributed by atoms with Crippen LogP contribution in [0.15, 0.2) is 60.1 Å². The van der Waals surface area contributed by atoms with E-state index in [0.717, 1.165) is 39.5 Å². The number of ether oxygens (including phenoxy) is 2. The van der Waals surface area contributed by atoms with Gasteiger partial charge in [0.1, 0.15) is 29.1 Å². The molecule has 6 nitrogen and oxygen atoms in total. The van der Waals surface area contributed by atoms with Gasteiger partial charge >= 0.3 is 0 Å². The number of amidine groups is 1. The Kier molecular flexibility index (Phi) is 4.66. The minimum absolute atomic E-state index is 0.0646. The lowest BCUT2D eigenvalue weighted by Crippen LogP contribution is -2.30. The van der Waals surface area contributed by atoms with Crippen molar-refractivity contribution in [2.24, 2.45) is 16.1 Å². The first kappa shape index (κ1) is 19.9. The summed E-state index contributed by atoms with van der Waals surface area (Å²) in [5.41, 5.74) is 9.54. The summed E-state index contributed by atoms with van der Waals surface area (Å²) in [6.07, 6.45) is 5.14. The molecule has 0 saturated heterocycles. The highest BCUT2D eigenvalue weighted by Crippen LogP contribution is 2.54. The number of hydrogen-bond donors (Lipinski definition) is 1. The van der Waals surface area contributed by atoms with Crippen molar-refractivity contribution in [1.82, 2.24) is 9.97 Å². The predicted molar refractivity (Wildman–Crippen MR) is 124 cm³/mol. The van der Waals surface area contributed by atoms with Crippen LogP contribution in [0.1, 0.15) is 31.9 Å². The van der Waals surface area contributed by atoms with Crippen LogP contribution in [0, 0.1) is 5.41 Å². The van der Waals surface area contributed by atoms with Crippen molar-refractivity contribution in [2.45, 2.75) is 26.3 Å². The molecule has 31 heavy (non-hydrogen) atoms. The summed E-state index contributed by atoms with van der Waals surface area (Å²) in [5.74, 6) is 3.08. The van der Waals surface area contributed by atoms with Crippen molar-refractivity contribution >= 4 is 16.9 Å². The van der Waals surface area contributed by atoms with Gasteiger partial charge in [-0.1, -0.05) is 38.6 Å². The molecule has 7 heteroatoms. The van der Waals surface area contributed by atoms with Crippen LogP contribution < -0.4 is 15.2 Å². The molecule has 0 fully saturated rings. The van der Waals surface area contributed by atoms with E-state index in [0.29, 0.717) is 17.5 Å². The van der Waals surface area contributed by atoms with Crippen molar-refractivity contribution < 1.29 is 9.47 Å². The highest BCUT2D eigenvalue weighted by molar-refractivity contribution is 8.14. The van der Waals surface area contributed by atoms with Gasteiger partial charge in [0.15, 0.2) is 5.17 Å². The molecule has 3 heterocycles. The first-order valence-electron chi connectivity index (χ1n) is 10.2. The fourth-order valence-corrected chi connectivity index (χ4v) is 4.80. The first-order valence-corrected chi connectivity index (χ1v) is 11.2. The van der Waals surface area contributed by atoms with Crippen molar-refractivity contribution in [1.29, 1.82) is 0 Å².